The Morgan fingerprint density at radius 2 is 2.04 bits per heavy atom. The van der Waals surface area contributed by atoms with Gasteiger partial charge in [0.1, 0.15) is 5.82 Å². The summed E-state index contributed by atoms with van der Waals surface area (Å²) in [6.07, 6.45) is 8.32. The number of hydrogen-bond donors (Lipinski definition) is 1. The van der Waals surface area contributed by atoms with Crippen LogP contribution in [0.5, 0.6) is 0 Å². The highest BCUT2D eigenvalue weighted by Crippen LogP contribution is 2.29. The number of amides is 2. The van der Waals surface area contributed by atoms with Crippen molar-refractivity contribution in [3.05, 3.63) is 39.6 Å². The molecule has 1 fully saturated rings. The molecular weight excluding hydrogens is 344 g/mol. The molecule has 7 heteroatoms. The molecule has 2 aliphatic heterocycles. The van der Waals surface area contributed by atoms with Gasteiger partial charge in [-0.05, 0) is 32.1 Å². The third-order valence-corrected chi connectivity index (χ3v) is 6.04. The molecular formula is C20H26N4O3. The number of nitrogens with one attached hydrogen (secondary N) is 1. The van der Waals surface area contributed by atoms with Gasteiger partial charge in [0.2, 0.25) is 11.8 Å². The molecule has 3 heterocycles. The number of fused-ring (bicyclic) bond motifs is 1. The van der Waals surface area contributed by atoms with Crippen molar-refractivity contribution < 1.29 is 9.59 Å². The molecule has 0 spiro atoms. The maximum absolute atomic E-state index is 12.8. The standard InChI is InChI=1S/C20H26N4O3/c1-13(25)23-10-8-16-17(12-23)21-18(22-19(16)26)15-7-9-24(11-15)20(27)14-5-3-2-4-6-14/h2-3,14-15H,4-12H2,1H3,(H,21,22,26)/t14-,15+/m1/s1. The molecule has 2 amide bonds. The Morgan fingerprint density at radius 3 is 2.78 bits per heavy atom. The van der Waals surface area contributed by atoms with Crippen LogP contribution in [0.4, 0.5) is 0 Å². The highest BCUT2D eigenvalue weighted by Gasteiger charge is 2.33. The molecule has 0 saturated carbocycles. The van der Waals surface area contributed by atoms with Crippen molar-refractivity contribution in [3.8, 4) is 0 Å². The van der Waals surface area contributed by atoms with Gasteiger partial charge in [-0.25, -0.2) is 4.98 Å². The number of carbonyl (C=O) groups is 2. The number of H-pyrrole nitrogens is 1. The minimum absolute atomic E-state index is 0.00320. The van der Waals surface area contributed by atoms with E-state index < -0.39 is 0 Å². The lowest BCUT2D eigenvalue weighted by atomic mass is 9.93. The van der Waals surface area contributed by atoms with Gasteiger partial charge in [0, 0.05) is 44.0 Å². The highest BCUT2D eigenvalue weighted by atomic mass is 16.2. The molecule has 2 atom stereocenters. The Labute approximate surface area is 158 Å². The zero-order chi connectivity index (χ0) is 19.0. The molecule has 27 heavy (non-hydrogen) atoms. The first kappa shape index (κ1) is 17.9. The summed E-state index contributed by atoms with van der Waals surface area (Å²) in [7, 11) is 0. The lowest BCUT2D eigenvalue weighted by Crippen LogP contribution is -2.38. The molecule has 0 aromatic carbocycles. The minimum Gasteiger partial charge on any atom is -0.342 e. The number of aromatic amines is 1. The predicted octanol–water partition coefficient (Wildman–Crippen LogP) is 1.35. The summed E-state index contributed by atoms with van der Waals surface area (Å²) in [4.78, 5) is 48.2. The maximum Gasteiger partial charge on any atom is 0.254 e. The second-order valence-electron chi connectivity index (χ2n) is 7.82. The van der Waals surface area contributed by atoms with Gasteiger partial charge in [-0.1, -0.05) is 12.2 Å². The van der Waals surface area contributed by atoms with Gasteiger partial charge in [-0.2, -0.15) is 0 Å². The summed E-state index contributed by atoms with van der Waals surface area (Å²) in [6, 6.07) is 0. The molecule has 0 bridgehead atoms. The molecule has 7 nitrogen and oxygen atoms in total. The van der Waals surface area contributed by atoms with E-state index in [0.29, 0.717) is 49.7 Å². The summed E-state index contributed by atoms with van der Waals surface area (Å²) in [6.45, 7) is 3.82. The second kappa shape index (κ2) is 7.29. The van der Waals surface area contributed by atoms with Crippen LogP contribution in [0.2, 0.25) is 0 Å². The molecule has 1 N–H and O–H groups in total. The van der Waals surface area contributed by atoms with Gasteiger partial charge in [0.15, 0.2) is 0 Å². The zero-order valence-electron chi connectivity index (χ0n) is 15.7. The van der Waals surface area contributed by atoms with Crippen LogP contribution in [0.15, 0.2) is 16.9 Å². The molecule has 1 aromatic heterocycles. The van der Waals surface area contributed by atoms with Gasteiger partial charge in [0.05, 0.1) is 12.2 Å². The largest absolute Gasteiger partial charge is 0.342 e. The molecule has 4 rings (SSSR count). The van der Waals surface area contributed by atoms with Crippen LogP contribution in [-0.2, 0) is 22.6 Å². The summed E-state index contributed by atoms with van der Waals surface area (Å²) >= 11 is 0. The number of likely N-dealkylation sites (tertiary alicyclic amines) is 1. The third-order valence-electron chi connectivity index (χ3n) is 6.04. The topological polar surface area (TPSA) is 86.4 Å². The van der Waals surface area contributed by atoms with Crippen LogP contribution in [0.1, 0.15) is 55.6 Å². The van der Waals surface area contributed by atoms with E-state index in [2.05, 4.69) is 17.1 Å². The predicted molar refractivity (Wildman–Crippen MR) is 100 cm³/mol. The zero-order valence-corrected chi connectivity index (χ0v) is 15.7. The Hall–Kier alpha value is -2.44. The van der Waals surface area contributed by atoms with E-state index >= 15 is 0 Å². The van der Waals surface area contributed by atoms with Gasteiger partial charge in [-0.3, -0.25) is 14.4 Å². The Bertz CT molecular complexity index is 844. The van der Waals surface area contributed by atoms with Gasteiger partial charge < -0.3 is 14.8 Å². The molecule has 0 radical (unpaired) electrons. The van der Waals surface area contributed by atoms with Gasteiger partial charge >= 0.3 is 0 Å². The SMILES string of the molecule is CC(=O)N1CCc2c(nc([C@H]3CCN(C(=O)[C@@H]4CC=CCC4)C3)[nH]c2=O)C1. The second-order valence-corrected chi connectivity index (χ2v) is 7.82. The van der Waals surface area contributed by atoms with E-state index in [9.17, 15) is 14.4 Å². The smallest absolute Gasteiger partial charge is 0.254 e. The summed E-state index contributed by atoms with van der Waals surface area (Å²) in [5.41, 5.74) is 1.30. The lowest BCUT2D eigenvalue weighted by molar-refractivity contribution is -0.134. The molecule has 3 aliphatic rings. The average Bonchev–Trinajstić information content (AvgIpc) is 3.17. The Kier molecular flexibility index (Phi) is 4.85. The van der Waals surface area contributed by atoms with Crippen molar-refractivity contribution in [3.63, 3.8) is 0 Å². The maximum atomic E-state index is 12.8. The Balaban J connectivity index is 1.50. The fraction of sp³-hybridized carbons (Fsp3) is 0.600. The van der Waals surface area contributed by atoms with Crippen molar-refractivity contribution in [1.29, 1.82) is 0 Å². The van der Waals surface area contributed by atoms with Crippen LogP contribution >= 0.6 is 0 Å². The number of allylic oxidation sites excluding steroid dienone is 2. The first-order chi connectivity index (χ1) is 13.0. The monoisotopic (exact) mass is 370 g/mol. The van der Waals surface area contributed by atoms with Gasteiger partial charge in [-0.15, -0.1) is 0 Å². The normalized spacial score (nSPS) is 24.8. The van der Waals surface area contributed by atoms with Crippen molar-refractivity contribution in [2.45, 2.75) is 51.5 Å². The van der Waals surface area contributed by atoms with E-state index in [1.807, 2.05) is 4.90 Å². The molecule has 1 aromatic rings. The van der Waals surface area contributed by atoms with E-state index in [4.69, 9.17) is 4.98 Å². The Morgan fingerprint density at radius 1 is 1.19 bits per heavy atom. The molecule has 1 aliphatic carbocycles. The van der Waals surface area contributed by atoms with Gasteiger partial charge in [0.25, 0.3) is 5.56 Å². The van der Waals surface area contributed by atoms with Crippen LogP contribution in [-0.4, -0.2) is 51.2 Å². The summed E-state index contributed by atoms with van der Waals surface area (Å²) < 4.78 is 0. The number of rotatable bonds is 2. The first-order valence-electron chi connectivity index (χ1n) is 9.84. The fourth-order valence-corrected chi connectivity index (χ4v) is 4.38. The molecule has 144 valence electrons. The van der Waals surface area contributed by atoms with E-state index in [0.717, 1.165) is 25.7 Å². The minimum atomic E-state index is -0.0969. The molecule has 1 saturated heterocycles. The van der Waals surface area contributed by atoms with E-state index in [1.54, 1.807) is 11.8 Å². The molecule has 0 unspecified atom stereocenters. The van der Waals surface area contributed by atoms with Crippen LogP contribution in [0.3, 0.4) is 0 Å². The fourth-order valence-electron chi connectivity index (χ4n) is 4.38. The highest BCUT2D eigenvalue weighted by molar-refractivity contribution is 5.79. The third kappa shape index (κ3) is 3.55. The lowest BCUT2D eigenvalue weighted by Gasteiger charge is -2.27. The summed E-state index contributed by atoms with van der Waals surface area (Å²) in [5.74, 6) is 1.03. The van der Waals surface area contributed by atoms with Crippen molar-refractivity contribution >= 4 is 11.8 Å². The number of nitrogens with zero attached hydrogens (tertiary/aromatic N) is 3. The van der Waals surface area contributed by atoms with E-state index in [-0.39, 0.29) is 29.2 Å². The first-order valence-corrected chi connectivity index (χ1v) is 9.84. The van der Waals surface area contributed by atoms with Crippen LogP contribution < -0.4 is 5.56 Å². The number of aromatic nitrogens is 2. The van der Waals surface area contributed by atoms with Crippen molar-refractivity contribution in [2.75, 3.05) is 19.6 Å². The average molecular weight is 370 g/mol. The van der Waals surface area contributed by atoms with Crippen molar-refractivity contribution in [2.24, 2.45) is 5.92 Å². The quantitative estimate of drug-likeness (QED) is 0.796. The number of carbonyl (C=O) groups excluding carboxylic acids is 2. The number of hydrogen-bond acceptors (Lipinski definition) is 4. The van der Waals surface area contributed by atoms with E-state index in [1.165, 1.54) is 0 Å². The summed E-state index contributed by atoms with van der Waals surface area (Å²) in [5, 5.41) is 0. The van der Waals surface area contributed by atoms with Crippen LogP contribution in [0, 0.1) is 5.92 Å². The van der Waals surface area contributed by atoms with Crippen LogP contribution in [0.25, 0.3) is 0 Å². The van der Waals surface area contributed by atoms with Crippen molar-refractivity contribution in [1.82, 2.24) is 19.8 Å².